The lowest BCUT2D eigenvalue weighted by atomic mass is 9.89. The first-order valence-corrected chi connectivity index (χ1v) is 6.53. The van der Waals surface area contributed by atoms with Crippen molar-refractivity contribution < 1.29 is 9.59 Å². The van der Waals surface area contributed by atoms with Gasteiger partial charge in [0.25, 0.3) is 0 Å². The van der Waals surface area contributed by atoms with Crippen LogP contribution in [0.25, 0.3) is 0 Å². The van der Waals surface area contributed by atoms with Crippen LogP contribution in [-0.2, 0) is 9.59 Å². The first-order valence-electron chi connectivity index (χ1n) is 6.53. The molecule has 2 aliphatic rings. The molecule has 2 aliphatic heterocycles. The molecule has 0 aromatic heterocycles. The largest absolute Gasteiger partial charge is 0.331 e. The highest BCUT2D eigenvalue weighted by molar-refractivity contribution is 5.95. The number of carbonyl (C=O) groups is 2. The van der Waals surface area contributed by atoms with Gasteiger partial charge in [-0.1, -0.05) is 20.8 Å². The van der Waals surface area contributed by atoms with Crippen LogP contribution >= 0.6 is 0 Å². The maximum absolute atomic E-state index is 12.3. The Hall–Kier alpha value is -1.06. The summed E-state index contributed by atoms with van der Waals surface area (Å²) < 4.78 is 0. The molecule has 0 N–H and O–H groups in total. The van der Waals surface area contributed by atoms with E-state index < -0.39 is 0 Å². The predicted octanol–water partition coefficient (Wildman–Crippen LogP) is 1.26. The van der Waals surface area contributed by atoms with Gasteiger partial charge in [-0.15, -0.1) is 0 Å². The lowest BCUT2D eigenvalue weighted by Gasteiger charge is -2.39. The highest BCUT2D eigenvalue weighted by atomic mass is 16.2. The third-order valence-corrected chi connectivity index (χ3v) is 4.07. The fourth-order valence-corrected chi connectivity index (χ4v) is 2.63. The van der Waals surface area contributed by atoms with Crippen LogP contribution in [0, 0.1) is 5.41 Å². The number of nitrogens with zero attached hydrogens (tertiary/aromatic N) is 2. The molecule has 0 aromatic carbocycles. The van der Waals surface area contributed by atoms with Crippen LogP contribution < -0.4 is 0 Å². The van der Waals surface area contributed by atoms with E-state index in [1.165, 1.54) is 0 Å². The molecule has 0 aromatic rings. The third-order valence-electron chi connectivity index (χ3n) is 4.07. The van der Waals surface area contributed by atoms with Crippen molar-refractivity contribution in [3.8, 4) is 0 Å². The zero-order chi connectivity index (χ0) is 12.6. The molecule has 0 radical (unpaired) electrons. The first kappa shape index (κ1) is 12.4. The lowest BCUT2D eigenvalue weighted by molar-refractivity contribution is -0.154. The summed E-state index contributed by atoms with van der Waals surface area (Å²) >= 11 is 0. The maximum atomic E-state index is 12.3. The van der Waals surface area contributed by atoms with Crippen molar-refractivity contribution in [3.63, 3.8) is 0 Å². The molecule has 2 saturated heterocycles. The minimum Gasteiger partial charge on any atom is -0.331 e. The summed E-state index contributed by atoms with van der Waals surface area (Å²) in [5.74, 6) is 0.280. The normalized spacial score (nSPS) is 25.5. The van der Waals surface area contributed by atoms with Crippen molar-refractivity contribution >= 4 is 11.8 Å². The molecule has 0 bridgehead atoms. The summed E-state index contributed by atoms with van der Waals surface area (Å²) in [6, 6.07) is -0.163. The number of carbonyl (C=O) groups excluding carboxylic acids is 2. The topological polar surface area (TPSA) is 40.6 Å². The van der Waals surface area contributed by atoms with E-state index >= 15 is 0 Å². The van der Waals surface area contributed by atoms with Crippen molar-refractivity contribution in [1.29, 1.82) is 0 Å². The van der Waals surface area contributed by atoms with E-state index in [-0.39, 0.29) is 29.8 Å². The van der Waals surface area contributed by atoms with Gasteiger partial charge in [0, 0.05) is 13.1 Å². The van der Waals surface area contributed by atoms with Gasteiger partial charge in [0.1, 0.15) is 6.04 Å². The summed E-state index contributed by atoms with van der Waals surface area (Å²) in [7, 11) is 0. The highest BCUT2D eigenvalue weighted by Crippen LogP contribution is 2.27. The highest BCUT2D eigenvalue weighted by Gasteiger charge is 2.42. The van der Waals surface area contributed by atoms with E-state index in [9.17, 15) is 9.59 Å². The number of amides is 2. The number of rotatable bonds is 3. The number of hydrogen-bond donors (Lipinski definition) is 0. The Bertz CT molecular complexity index is 338. The van der Waals surface area contributed by atoms with Gasteiger partial charge >= 0.3 is 0 Å². The van der Waals surface area contributed by atoms with Crippen molar-refractivity contribution in [2.45, 2.75) is 46.1 Å². The number of piperazine rings is 1. The van der Waals surface area contributed by atoms with E-state index in [1.807, 2.05) is 0 Å². The Morgan fingerprint density at radius 3 is 2.71 bits per heavy atom. The molecule has 1 atom stereocenters. The van der Waals surface area contributed by atoms with Crippen LogP contribution in [0.15, 0.2) is 0 Å². The van der Waals surface area contributed by atoms with Gasteiger partial charge in [-0.25, -0.2) is 0 Å². The lowest BCUT2D eigenvalue weighted by Crippen LogP contribution is -2.58. The summed E-state index contributed by atoms with van der Waals surface area (Å²) in [5, 5.41) is 0. The summed E-state index contributed by atoms with van der Waals surface area (Å²) in [6.45, 7) is 8.15. The zero-order valence-electron chi connectivity index (χ0n) is 11.0. The minimum absolute atomic E-state index is 0.0940. The number of hydrogen-bond acceptors (Lipinski definition) is 2. The quantitative estimate of drug-likeness (QED) is 0.742. The van der Waals surface area contributed by atoms with Gasteiger partial charge in [-0.05, 0) is 24.7 Å². The molecule has 1 unspecified atom stereocenters. The molecule has 4 nitrogen and oxygen atoms in total. The van der Waals surface area contributed by atoms with Gasteiger partial charge < -0.3 is 9.80 Å². The molecule has 2 rings (SSSR count). The van der Waals surface area contributed by atoms with Gasteiger partial charge in [-0.3, -0.25) is 9.59 Å². The van der Waals surface area contributed by atoms with Crippen LogP contribution in [0.1, 0.15) is 40.0 Å². The number of fused-ring (bicyclic) bond motifs is 1. The zero-order valence-corrected chi connectivity index (χ0v) is 11.0. The molecule has 2 heterocycles. The van der Waals surface area contributed by atoms with Crippen molar-refractivity contribution in [1.82, 2.24) is 9.80 Å². The molecule has 4 heteroatoms. The fraction of sp³-hybridized carbons (Fsp3) is 0.846. The molecular formula is C13H22N2O2. The van der Waals surface area contributed by atoms with Crippen LogP contribution in [-0.4, -0.2) is 47.3 Å². The van der Waals surface area contributed by atoms with Crippen LogP contribution in [0.2, 0.25) is 0 Å². The van der Waals surface area contributed by atoms with Gasteiger partial charge in [-0.2, -0.15) is 0 Å². The van der Waals surface area contributed by atoms with Crippen molar-refractivity contribution in [2.75, 3.05) is 19.6 Å². The molecular weight excluding hydrogens is 216 g/mol. The van der Waals surface area contributed by atoms with Gasteiger partial charge in [0.15, 0.2) is 0 Å². The minimum atomic E-state index is -0.163. The van der Waals surface area contributed by atoms with E-state index in [2.05, 4.69) is 20.8 Å². The van der Waals surface area contributed by atoms with Crippen LogP contribution in [0.4, 0.5) is 0 Å². The SMILES string of the molecule is CCC(C)(C)CN1CC(=O)N2CCCC2C1=O. The standard InChI is InChI=1S/C13H22N2O2/c1-4-13(2,3)9-14-8-11(16)15-7-5-6-10(15)12(14)17/h10H,4-9H2,1-3H3. The molecule has 0 saturated carbocycles. The van der Waals surface area contributed by atoms with Gasteiger partial charge in [0.05, 0.1) is 6.54 Å². The Kier molecular flexibility index (Phi) is 3.15. The van der Waals surface area contributed by atoms with Crippen molar-refractivity contribution in [3.05, 3.63) is 0 Å². The van der Waals surface area contributed by atoms with Crippen molar-refractivity contribution in [2.24, 2.45) is 5.41 Å². The Morgan fingerprint density at radius 1 is 1.35 bits per heavy atom. The van der Waals surface area contributed by atoms with Crippen LogP contribution in [0.3, 0.4) is 0 Å². The predicted molar refractivity (Wildman–Crippen MR) is 65.4 cm³/mol. The monoisotopic (exact) mass is 238 g/mol. The third kappa shape index (κ3) is 2.31. The molecule has 2 amide bonds. The van der Waals surface area contributed by atoms with Crippen LogP contribution in [0.5, 0.6) is 0 Å². The molecule has 96 valence electrons. The molecule has 2 fully saturated rings. The summed E-state index contributed by atoms with van der Waals surface area (Å²) in [6.07, 6.45) is 2.82. The molecule has 0 spiro atoms. The smallest absolute Gasteiger partial charge is 0.245 e. The second-order valence-corrected chi connectivity index (χ2v) is 5.96. The first-order chi connectivity index (χ1) is 7.94. The molecule has 0 aliphatic carbocycles. The summed E-state index contributed by atoms with van der Waals surface area (Å²) in [5.41, 5.74) is 0.0940. The Labute approximate surface area is 103 Å². The Balaban J connectivity index is 2.09. The van der Waals surface area contributed by atoms with E-state index in [1.54, 1.807) is 9.80 Å². The van der Waals surface area contributed by atoms with Gasteiger partial charge in [0.2, 0.25) is 11.8 Å². The second kappa shape index (κ2) is 4.31. The summed E-state index contributed by atoms with van der Waals surface area (Å²) in [4.78, 5) is 27.7. The Morgan fingerprint density at radius 2 is 2.06 bits per heavy atom. The maximum Gasteiger partial charge on any atom is 0.245 e. The average Bonchev–Trinajstić information content (AvgIpc) is 2.75. The van der Waals surface area contributed by atoms with E-state index in [0.29, 0.717) is 6.54 Å². The molecule has 17 heavy (non-hydrogen) atoms. The van der Waals surface area contributed by atoms with E-state index in [0.717, 1.165) is 25.8 Å². The second-order valence-electron chi connectivity index (χ2n) is 5.96. The average molecular weight is 238 g/mol. The van der Waals surface area contributed by atoms with E-state index in [4.69, 9.17) is 0 Å². The fourth-order valence-electron chi connectivity index (χ4n) is 2.63.